The predicted molar refractivity (Wildman–Crippen MR) is 89.8 cm³/mol. The number of carbonyl (C=O) groups is 1. The molecule has 2 N–H and O–H groups in total. The molecule has 0 aliphatic rings. The highest BCUT2D eigenvalue weighted by atomic mass is 35.5. The molecule has 0 fully saturated rings. The Morgan fingerprint density at radius 3 is 2.44 bits per heavy atom. The number of ether oxygens (including phenoxy) is 1. The third kappa shape index (κ3) is 5.65. The standard InChI is InChI=1S/C17H16ClF3N2O2/c1-25-13-5-2-11(3-6-13)9-22-10-16(24)23-15-8-12(17(19,20)21)4-7-14(15)18/h2-8,22H,9-10H2,1H3,(H,23,24). The van der Waals surface area contributed by atoms with E-state index in [4.69, 9.17) is 16.3 Å². The van der Waals surface area contributed by atoms with E-state index in [1.807, 2.05) is 12.1 Å². The average Bonchev–Trinajstić information content (AvgIpc) is 2.56. The van der Waals surface area contributed by atoms with E-state index in [-0.39, 0.29) is 17.3 Å². The zero-order valence-corrected chi connectivity index (χ0v) is 14.0. The van der Waals surface area contributed by atoms with Gasteiger partial charge in [0, 0.05) is 6.54 Å². The highest BCUT2D eigenvalue weighted by Gasteiger charge is 2.31. The summed E-state index contributed by atoms with van der Waals surface area (Å²) < 4.78 is 43.2. The van der Waals surface area contributed by atoms with Crippen LogP contribution in [0.25, 0.3) is 0 Å². The number of anilines is 1. The first-order chi connectivity index (χ1) is 11.8. The summed E-state index contributed by atoms with van der Waals surface area (Å²) in [5.74, 6) is 0.232. The summed E-state index contributed by atoms with van der Waals surface area (Å²) in [6.45, 7) is 0.354. The van der Waals surface area contributed by atoms with Crippen LogP contribution >= 0.6 is 11.6 Å². The molecule has 1 amide bonds. The Morgan fingerprint density at radius 2 is 1.84 bits per heavy atom. The van der Waals surface area contributed by atoms with Gasteiger partial charge in [-0.2, -0.15) is 13.2 Å². The normalized spacial score (nSPS) is 11.2. The lowest BCUT2D eigenvalue weighted by Crippen LogP contribution is -2.28. The molecule has 134 valence electrons. The Kier molecular flexibility index (Phi) is 6.27. The van der Waals surface area contributed by atoms with E-state index in [0.717, 1.165) is 29.5 Å². The van der Waals surface area contributed by atoms with Crippen LogP contribution in [0, 0.1) is 0 Å². The van der Waals surface area contributed by atoms with Crippen molar-refractivity contribution in [2.45, 2.75) is 12.7 Å². The molecule has 0 aromatic heterocycles. The van der Waals surface area contributed by atoms with Crippen LogP contribution in [0.1, 0.15) is 11.1 Å². The van der Waals surface area contributed by atoms with E-state index in [1.165, 1.54) is 0 Å². The van der Waals surface area contributed by atoms with E-state index in [2.05, 4.69) is 10.6 Å². The zero-order valence-electron chi connectivity index (χ0n) is 13.3. The van der Waals surface area contributed by atoms with Crippen molar-refractivity contribution in [3.63, 3.8) is 0 Å². The van der Waals surface area contributed by atoms with Gasteiger partial charge in [0.2, 0.25) is 5.91 Å². The number of alkyl halides is 3. The van der Waals surface area contributed by atoms with Crippen molar-refractivity contribution in [3.05, 3.63) is 58.6 Å². The second-order valence-corrected chi connectivity index (χ2v) is 5.60. The highest BCUT2D eigenvalue weighted by molar-refractivity contribution is 6.33. The van der Waals surface area contributed by atoms with Crippen LogP contribution in [-0.4, -0.2) is 19.6 Å². The third-order valence-corrected chi connectivity index (χ3v) is 3.67. The van der Waals surface area contributed by atoms with Crippen molar-refractivity contribution in [1.29, 1.82) is 0 Å². The van der Waals surface area contributed by atoms with Gasteiger partial charge in [-0.05, 0) is 35.9 Å². The Morgan fingerprint density at radius 1 is 1.16 bits per heavy atom. The van der Waals surface area contributed by atoms with Crippen LogP contribution in [-0.2, 0) is 17.5 Å². The quantitative estimate of drug-likeness (QED) is 0.802. The number of hydrogen-bond acceptors (Lipinski definition) is 3. The van der Waals surface area contributed by atoms with Crippen molar-refractivity contribution >= 4 is 23.2 Å². The van der Waals surface area contributed by atoms with E-state index < -0.39 is 17.6 Å². The topological polar surface area (TPSA) is 50.4 Å². The van der Waals surface area contributed by atoms with E-state index >= 15 is 0 Å². The lowest BCUT2D eigenvalue weighted by Gasteiger charge is -2.12. The molecule has 4 nitrogen and oxygen atoms in total. The molecular formula is C17H16ClF3N2O2. The van der Waals surface area contributed by atoms with Crippen LogP contribution in [0.15, 0.2) is 42.5 Å². The van der Waals surface area contributed by atoms with Crippen LogP contribution in [0.4, 0.5) is 18.9 Å². The second-order valence-electron chi connectivity index (χ2n) is 5.19. The van der Waals surface area contributed by atoms with Gasteiger partial charge in [0.05, 0.1) is 29.9 Å². The van der Waals surface area contributed by atoms with Gasteiger partial charge in [0.25, 0.3) is 0 Å². The summed E-state index contributed by atoms with van der Waals surface area (Å²) in [5, 5.41) is 5.32. The lowest BCUT2D eigenvalue weighted by atomic mass is 10.2. The Balaban J connectivity index is 1.89. The predicted octanol–water partition coefficient (Wildman–Crippen LogP) is 4.10. The van der Waals surface area contributed by atoms with Gasteiger partial charge < -0.3 is 15.4 Å². The minimum atomic E-state index is -4.50. The number of hydrogen-bond donors (Lipinski definition) is 2. The molecule has 0 spiro atoms. The highest BCUT2D eigenvalue weighted by Crippen LogP contribution is 2.33. The number of nitrogens with one attached hydrogen (secondary N) is 2. The first-order valence-electron chi connectivity index (χ1n) is 7.30. The molecule has 0 saturated carbocycles. The first-order valence-corrected chi connectivity index (χ1v) is 7.67. The van der Waals surface area contributed by atoms with Gasteiger partial charge in [-0.15, -0.1) is 0 Å². The van der Waals surface area contributed by atoms with Gasteiger partial charge in [-0.1, -0.05) is 23.7 Å². The van der Waals surface area contributed by atoms with Gasteiger partial charge >= 0.3 is 6.18 Å². The monoisotopic (exact) mass is 372 g/mol. The van der Waals surface area contributed by atoms with Crippen molar-refractivity contribution in [3.8, 4) is 5.75 Å². The molecule has 0 unspecified atom stereocenters. The molecule has 25 heavy (non-hydrogen) atoms. The van der Waals surface area contributed by atoms with E-state index in [0.29, 0.717) is 6.54 Å². The molecule has 2 aromatic carbocycles. The van der Waals surface area contributed by atoms with Gasteiger partial charge in [0.15, 0.2) is 0 Å². The SMILES string of the molecule is COc1ccc(CNCC(=O)Nc2cc(C(F)(F)F)ccc2Cl)cc1. The fraction of sp³-hybridized carbons (Fsp3) is 0.235. The molecule has 2 rings (SSSR count). The largest absolute Gasteiger partial charge is 0.497 e. The zero-order chi connectivity index (χ0) is 18.4. The molecule has 0 heterocycles. The molecule has 8 heteroatoms. The van der Waals surface area contributed by atoms with Gasteiger partial charge in [-0.3, -0.25) is 4.79 Å². The van der Waals surface area contributed by atoms with Crippen molar-refractivity contribution in [1.82, 2.24) is 5.32 Å². The van der Waals surface area contributed by atoms with Crippen molar-refractivity contribution in [2.24, 2.45) is 0 Å². The minimum absolute atomic E-state index is 0.0384. The smallest absolute Gasteiger partial charge is 0.416 e. The first kappa shape index (κ1) is 19.1. The fourth-order valence-electron chi connectivity index (χ4n) is 2.06. The fourth-order valence-corrected chi connectivity index (χ4v) is 2.22. The molecule has 2 aromatic rings. The maximum Gasteiger partial charge on any atom is 0.416 e. The summed E-state index contributed by atoms with van der Waals surface area (Å²) in [7, 11) is 1.57. The molecule has 0 saturated heterocycles. The van der Waals surface area contributed by atoms with Gasteiger partial charge in [-0.25, -0.2) is 0 Å². The van der Waals surface area contributed by atoms with Crippen LogP contribution in [0.2, 0.25) is 5.02 Å². The minimum Gasteiger partial charge on any atom is -0.497 e. The van der Waals surface area contributed by atoms with E-state index in [9.17, 15) is 18.0 Å². The summed E-state index contributed by atoms with van der Waals surface area (Å²) in [4.78, 5) is 11.9. The van der Waals surface area contributed by atoms with Crippen LogP contribution < -0.4 is 15.4 Å². The van der Waals surface area contributed by atoms with Crippen molar-refractivity contribution in [2.75, 3.05) is 19.0 Å². The van der Waals surface area contributed by atoms with E-state index in [1.54, 1.807) is 19.2 Å². The third-order valence-electron chi connectivity index (χ3n) is 3.34. The molecular weight excluding hydrogens is 357 g/mol. The maximum atomic E-state index is 12.7. The second kappa shape index (κ2) is 8.22. The Labute approximate surface area is 147 Å². The summed E-state index contributed by atoms with van der Waals surface area (Å²) in [6, 6.07) is 10.0. The number of halogens is 4. The van der Waals surface area contributed by atoms with Crippen LogP contribution in [0.5, 0.6) is 5.75 Å². The lowest BCUT2D eigenvalue weighted by molar-refractivity contribution is -0.137. The number of carbonyl (C=O) groups excluding carboxylic acids is 1. The average molecular weight is 373 g/mol. The van der Waals surface area contributed by atoms with Gasteiger partial charge in [0.1, 0.15) is 5.75 Å². The maximum absolute atomic E-state index is 12.7. The molecule has 0 aliphatic carbocycles. The summed E-state index contributed by atoms with van der Waals surface area (Å²) >= 11 is 5.83. The Hall–Kier alpha value is -2.25. The Bertz CT molecular complexity index is 734. The van der Waals surface area contributed by atoms with Crippen molar-refractivity contribution < 1.29 is 22.7 Å². The number of rotatable bonds is 6. The van der Waals surface area contributed by atoms with Crippen LogP contribution in [0.3, 0.4) is 0 Å². The number of benzene rings is 2. The molecule has 0 bridgehead atoms. The number of methoxy groups -OCH3 is 1. The molecule has 0 radical (unpaired) electrons. The summed E-state index contributed by atoms with van der Waals surface area (Å²) in [5.41, 5.74) is -0.0168. The molecule has 0 atom stereocenters. The number of amides is 1. The molecule has 0 aliphatic heterocycles. The summed E-state index contributed by atoms with van der Waals surface area (Å²) in [6.07, 6.45) is -4.50.